The van der Waals surface area contributed by atoms with Gasteiger partial charge in [-0.05, 0) is 68.8 Å². The standard InChI is InChI=1S/C35H37N11O3S/c1-43-21-38-32(42-43)26-18-37-33(50-26)22-9-13-45(14-10-22)29(47)19-44-15-11-35(20-44)12-16-46(34(35)48)27-7-6-25-31(39-27)30(41-40-25)23-5-8-28(36-17-23)49-24-3-2-4-24/h5-9,17-18,21,24H,2-4,10-16,19-20H2,1H3,(H,40,41)/t35-/m0/s1. The first-order chi connectivity index (χ1) is 24.4. The van der Waals surface area contributed by atoms with E-state index in [1.807, 2.05) is 42.4 Å². The number of thiazole rings is 1. The van der Waals surface area contributed by atoms with E-state index in [-0.39, 0.29) is 17.9 Å². The number of hydrogen-bond donors (Lipinski definition) is 1. The van der Waals surface area contributed by atoms with Crippen LogP contribution in [-0.2, 0) is 16.6 Å². The zero-order valence-electron chi connectivity index (χ0n) is 27.8. The van der Waals surface area contributed by atoms with Crippen LogP contribution in [-0.4, -0.2) is 107 Å². The van der Waals surface area contributed by atoms with Crippen molar-refractivity contribution in [1.82, 2.24) is 49.7 Å². The molecular weight excluding hydrogens is 655 g/mol. The minimum absolute atomic E-state index is 0.0813. The highest BCUT2D eigenvalue weighted by Gasteiger charge is 2.51. The zero-order chi connectivity index (χ0) is 33.8. The lowest BCUT2D eigenvalue weighted by Gasteiger charge is -2.28. The van der Waals surface area contributed by atoms with Crippen molar-refractivity contribution in [3.63, 3.8) is 0 Å². The summed E-state index contributed by atoms with van der Waals surface area (Å²) >= 11 is 1.57. The van der Waals surface area contributed by atoms with E-state index in [4.69, 9.17) is 9.72 Å². The number of aromatic nitrogens is 8. The first kappa shape index (κ1) is 31.0. The number of carbonyl (C=O) groups is 2. The van der Waals surface area contributed by atoms with Crippen LogP contribution in [0.2, 0.25) is 0 Å². The molecule has 14 nitrogen and oxygen atoms in total. The maximum absolute atomic E-state index is 14.0. The number of fused-ring (bicyclic) bond motifs is 1. The molecule has 0 aromatic carbocycles. The Morgan fingerprint density at radius 1 is 1.08 bits per heavy atom. The SMILES string of the molecule is Cn1cnc(-c2cnc(C3=CCN(C(=O)CN4CC[C@]5(CCN(c6ccc7[nH]nc(-c8ccc(OC9CCC9)nc8)c7n6)C5=O)C4)CC3)s2)n1. The van der Waals surface area contributed by atoms with Crippen molar-refractivity contribution in [2.24, 2.45) is 12.5 Å². The van der Waals surface area contributed by atoms with Gasteiger partial charge in [0.2, 0.25) is 17.7 Å². The highest BCUT2D eigenvalue weighted by molar-refractivity contribution is 7.16. The summed E-state index contributed by atoms with van der Waals surface area (Å²) in [5, 5.41) is 12.9. The molecule has 5 aromatic rings. The Bertz CT molecular complexity index is 2120. The van der Waals surface area contributed by atoms with Gasteiger partial charge in [0.05, 0.1) is 22.4 Å². The summed E-state index contributed by atoms with van der Waals surface area (Å²) in [6.07, 6.45) is 13.2. The molecule has 0 bridgehead atoms. The van der Waals surface area contributed by atoms with Crippen LogP contribution in [0.25, 0.3) is 38.6 Å². The summed E-state index contributed by atoms with van der Waals surface area (Å²) in [7, 11) is 1.84. The van der Waals surface area contributed by atoms with Gasteiger partial charge in [-0.15, -0.1) is 11.3 Å². The Balaban J connectivity index is 0.827. The predicted molar refractivity (Wildman–Crippen MR) is 187 cm³/mol. The second-order valence-corrected chi connectivity index (χ2v) is 14.8. The molecule has 0 unspecified atom stereocenters. The van der Waals surface area contributed by atoms with Gasteiger partial charge < -0.3 is 9.64 Å². The fourth-order valence-corrected chi connectivity index (χ4v) is 8.28. The van der Waals surface area contributed by atoms with Crippen LogP contribution < -0.4 is 9.64 Å². The van der Waals surface area contributed by atoms with Gasteiger partial charge in [-0.3, -0.25) is 29.2 Å². The van der Waals surface area contributed by atoms with Crippen LogP contribution in [0.1, 0.15) is 43.5 Å². The summed E-state index contributed by atoms with van der Waals surface area (Å²) in [6, 6.07) is 7.64. The smallest absolute Gasteiger partial charge is 0.237 e. The largest absolute Gasteiger partial charge is 0.474 e. The highest BCUT2D eigenvalue weighted by atomic mass is 32.1. The van der Waals surface area contributed by atoms with Crippen molar-refractivity contribution < 1.29 is 14.3 Å². The number of carbonyl (C=O) groups excluding carboxylic acids is 2. The molecule has 1 saturated carbocycles. The molecule has 8 heterocycles. The van der Waals surface area contributed by atoms with Crippen molar-refractivity contribution in [2.75, 3.05) is 44.2 Å². The van der Waals surface area contributed by atoms with Gasteiger partial charge >= 0.3 is 0 Å². The maximum atomic E-state index is 14.0. The summed E-state index contributed by atoms with van der Waals surface area (Å²) < 4.78 is 7.59. The van der Waals surface area contributed by atoms with E-state index in [2.05, 4.69) is 41.2 Å². The summed E-state index contributed by atoms with van der Waals surface area (Å²) in [6.45, 7) is 3.39. The van der Waals surface area contributed by atoms with E-state index < -0.39 is 5.41 Å². The number of H-pyrrole nitrogens is 1. The average Bonchev–Trinajstić information content (AvgIpc) is 3.96. The number of amides is 2. The molecule has 4 aliphatic rings. The monoisotopic (exact) mass is 691 g/mol. The number of nitrogens with one attached hydrogen (secondary N) is 1. The van der Waals surface area contributed by atoms with Gasteiger partial charge in [0.25, 0.3) is 0 Å². The van der Waals surface area contributed by atoms with Gasteiger partial charge in [0, 0.05) is 57.3 Å². The number of aryl methyl sites for hydroxylation is 1. The predicted octanol–water partition coefficient (Wildman–Crippen LogP) is 3.95. The Kier molecular flexibility index (Phi) is 7.68. The van der Waals surface area contributed by atoms with Crippen LogP contribution in [0.5, 0.6) is 5.88 Å². The fourth-order valence-electron chi connectivity index (χ4n) is 7.36. The number of aromatic amines is 1. The topological polar surface area (TPSA) is 151 Å². The average molecular weight is 692 g/mol. The van der Waals surface area contributed by atoms with E-state index in [9.17, 15) is 9.59 Å². The molecule has 2 amide bonds. The Morgan fingerprint density at radius 2 is 1.98 bits per heavy atom. The van der Waals surface area contributed by atoms with E-state index in [0.29, 0.717) is 61.5 Å². The maximum Gasteiger partial charge on any atom is 0.237 e. The van der Waals surface area contributed by atoms with Crippen molar-refractivity contribution in [3.05, 3.63) is 54.1 Å². The van der Waals surface area contributed by atoms with Crippen LogP contribution in [0, 0.1) is 5.41 Å². The summed E-state index contributed by atoms with van der Waals surface area (Å²) in [5.41, 5.74) is 3.66. The first-order valence-corrected chi connectivity index (χ1v) is 18.0. The van der Waals surface area contributed by atoms with Gasteiger partial charge in [-0.25, -0.2) is 19.9 Å². The third-order valence-electron chi connectivity index (χ3n) is 10.5. The van der Waals surface area contributed by atoms with E-state index in [1.54, 1.807) is 33.4 Å². The quantitative estimate of drug-likeness (QED) is 0.253. The fraction of sp³-hybridized carbons (Fsp3) is 0.429. The number of anilines is 1. The molecule has 256 valence electrons. The van der Waals surface area contributed by atoms with Gasteiger partial charge in [-0.2, -0.15) is 10.2 Å². The lowest BCUT2D eigenvalue weighted by molar-refractivity contribution is -0.132. The molecule has 1 aliphatic carbocycles. The third kappa shape index (κ3) is 5.63. The van der Waals surface area contributed by atoms with Crippen LogP contribution in [0.15, 0.2) is 49.1 Å². The molecule has 1 N–H and O–H groups in total. The van der Waals surface area contributed by atoms with Gasteiger partial charge in [0.15, 0.2) is 5.82 Å². The van der Waals surface area contributed by atoms with E-state index >= 15 is 0 Å². The van der Waals surface area contributed by atoms with Gasteiger partial charge in [-0.1, -0.05) is 6.08 Å². The Hall–Kier alpha value is -5.02. The second kappa shape index (κ2) is 12.4. The lowest BCUT2D eigenvalue weighted by Crippen LogP contribution is -2.43. The minimum atomic E-state index is -0.504. The molecule has 3 fully saturated rings. The molecule has 2 saturated heterocycles. The number of hydrogen-bond acceptors (Lipinski definition) is 11. The molecule has 15 heteroatoms. The molecule has 9 rings (SSSR count). The Morgan fingerprint density at radius 3 is 2.74 bits per heavy atom. The summed E-state index contributed by atoms with van der Waals surface area (Å²) in [4.78, 5) is 52.5. The molecule has 3 aliphatic heterocycles. The Labute approximate surface area is 292 Å². The molecule has 50 heavy (non-hydrogen) atoms. The zero-order valence-corrected chi connectivity index (χ0v) is 28.6. The number of likely N-dealkylation sites (tertiary alicyclic amines) is 1. The highest BCUT2D eigenvalue weighted by Crippen LogP contribution is 2.42. The van der Waals surface area contributed by atoms with Crippen molar-refractivity contribution >= 4 is 45.6 Å². The van der Waals surface area contributed by atoms with Crippen molar-refractivity contribution in [2.45, 2.75) is 44.6 Å². The molecule has 0 radical (unpaired) electrons. The normalized spacial score (nSPS) is 21.4. The van der Waals surface area contributed by atoms with Crippen molar-refractivity contribution in [1.29, 1.82) is 0 Å². The summed E-state index contributed by atoms with van der Waals surface area (Å²) in [5.74, 6) is 2.08. The van der Waals surface area contributed by atoms with E-state index in [1.165, 1.54) is 6.42 Å². The molecular formula is C35H37N11O3S. The van der Waals surface area contributed by atoms with Crippen LogP contribution in [0.3, 0.4) is 0 Å². The van der Waals surface area contributed by atoms with Gasteiger partial charge in [0.1, 0.15) is 34.5 Å². The molecule has 1 atom stereocenters. The van der Waals surface area contributed by atoms with Crippen LogP contribution in [0.4, 0.5) is 5.82 Å². The van der Waals surface area contributed by atoms with Crippen molar-refractivity contribution in [3.8, 4) is 27.8 Å². The third-order valence-corrected chi connectivity index (χ3v) is 11.6. The number of nitrogens with zero attached hydrogens (tertiary/aromatic N) is 10. The number of pyridine rings is 2. The lowest BCUT2D eigenvalue weighted by atomic mass is 9.85. The van der Waals surface area contributed by atoms with E-state index in [0.717, 1.165) is 65.2 Å². The van der Waals surface area contributed by atoms with Crippen LogP contribution >= 0.6 is 11.3 Å². The first-order valence-electron chi connectivity index (χ1n) is 17.2. The molecule has 5 aromatic heterocycles. The number of ether oxygens (including phenoxy) is 1. The second-order valence-electron chi connectivity index (χ2n) is 13.7. The number of rotatable bonds is 8. The minimum Gasteiger partial charge on any atom is -0.474 e. The molecule has 1 spiro atoms.